The van der Waals surface area contributed by atoms with Gasteiger partial charge < -0.3 is 10.6 Å². The number of rotatable bonds is 1. The van der Waals surface area contributed by atoms with Crippen LogP contribution < -0.4 is 10.6 Å². The quantitative estimate of drug-likeness (QED) is 0.541. The topological polar surface area (TPSA) is 67.2 Å². The summed E-state index contributed by atoms with van der Waals surface area (Å²) in [7, 11) is 0. The molecule has 5 nitrogen and oxygen atoms in total. The number of nitrogens with one attached hydrogen (secondary N) is 2. The number of nitro benzene ring substituents is 1. The molecule has 1 aromatic carbocycles. The molecule has 0 bridgehead atoms. The van der Waals surface area contributed by atoms with Crippen molar-refractivity contribution in [1.29, 1.82) is 0 Å². The summed E-state index contributed by atoms with van der Waals surface area (Å²) in [5.74, 6) is 0. The third-order valence-corrected chi connectivity index (χ3v) is 2.55. The normalized spacial score (nSPS) is 19.9. The highest BCUT2D eigenvalue weighted by Crippen LogP contribution is 2.29. The summed E-state index contributed by atoms with van der Waals surface area (Å²) in [6.45, 7) is 3.42. The predicted octanol–water partition coefficient (Wildman–Crippen LogP) is 1.50. The molecule has 0 aliphatic carbocycles. The van der Waals surface area contributed by atoms with Gasteiger partial charge in [-0.2, -0.15) is 0 Å². The van der Waals surface area contributed by atoms with Crippen molar-refractivity contribution in [2.24, 2.45) is 0 Å². The number of fused-ring (bicyclic) bond motifs is 1. The molecule has 1 heterocycles. The summed E-state index contributed by atoms with van der Waals surface area (Å²) in [5, 5.41) is 17.2. The second-order valence-corrected chi connectivity index (χ2v) is 3.73. The molecule has 1 aliphatic heterocycles. The molecule has 2 N–H and O–H groups in total. The molecule has 1 aliphatic rings. The van der Waals surface area contributed by atoms with Gasteiger partial charge >= 0.3 is 0 Å². The van der Waals surface area contributed by atoms with E-state index in [0.717, 1.165) is 5.56 Å². The van der Waals surface area contributed by atoms with Crippen molar-refractivity contribution in [1.82, 2.24) is 5.32 Å². The summed E-state index contributed by atoms with van der Waals surface area (Å²) < 4.78 is 0. The third kappa shape index (κ3) is 1.92. The van der Waals surface area contributed by atoms with E-state index in [1.165, 1.54) is 6.07 Å². The number of nitrogens with zero attached hydrogens (tertiary/aromatic N) is 1. The molecule has 15 heavy (non-hydrogen) atoms. The van der Waals surface area contributed by atoms with Gasteiger partial charge in [-0.3, -0.25) is 10.1 Å². The van der Waals surface area contributed by atoms with Gasteiger partial charge in [0.05, 0.1) is 4.92 Å². The zero-order valence-electron chi connectivity index (χ0n) is 8.49. The van der Waals surface area contributed by atoms with Gasteiger partial charge in [0.1, 0.15) is 5.69 Å². The van der Waals surface area contributed by atoms with Crippen LogP contribution in [0.15, 0.2) is 18.2 Å². The van der Waals surface area contributed by atoms with Crippen molar-refractivity contribution in [3.63, 3.8) is 0 Å². The summed E-state index contributed by atoms with van der Waals surface area (Å²) >= 11 is 0. The summed E-state index contributed by atoms with van der Waals surface area (Å²) in [6, 6.07) is 5.47. The van der Waals surface area contributed by atoms with E-state index in [0.29, 0.717) is 24.8 Å². The monoisotopic (exact) mass is 207 g/mol. The van der Waals surface area contributed by atoms with Crippen molar-refractivity contribution < 1.29 is 4.92 Å². The van der Waals surface area contributed by atoms with E-state index in [-0.39, 0.29) is 10.6 Å². The first-order valence-electron chi connectivity index (χ1n) is 4.92. The molecular formula is C10H13N3O2. The summed E-state index contributed by atoms with van der Waals surface area (Å²) in [6.07, 6.45) is 0. The summed E-state index contributed by atoms with van der Waals surface area (Å²) in [5.41, 5.74) is 1.76. The summed E-state index contributed by atoms with van der Waals surface area (Å²) in [4.78, 5) is 10.5. The molecular weight excluding hydrogens is 194 g/mol. The van der Waals surface area contributed by atoms with Gasteiger partial charge in [0.15, 0.2) is 0 Å². The number of para-hydroxylation sites is 1. The van der Waals surface area contributed by atoms with Crippen molar-refractivity contribution >= 4 is 11.4 Å². The van der Waals surface area contributed by atoms with E-state index in [1.54, 1.807) is 6.07 Å². The van der Waals surface area contributed by atoms with Gasteiger partial charge in [-0.15, -0.1) is 0 Å². The van der Waals surface area contributed by atoms with E-state index in [4.69, 9.17) is 0 Å². The van der Waals surface area contributed by atoms with Gasteiger partial charge in [0.25, 0.3) is 5.69 Å². The number of hydrogen-bond donors (Lipinski definition) is 2. The minimum absolute atomic E-state index is 0.156. The van der Waals surface area contributed by atoms with Crippen LogP contribution in [0.1, 0.15) is 12.5 Å². The van der Waals surface area contributed by atoms with Crippen LogP contribution in [0.5, 0.6) is 0 Å². The molecule has 1 aromatic rings. The molecule has 0 saturated carbocycles. The average molecular weight is 207 g/mol. The molecule has 1 atom stereocenters. The standard InChI is InChI=1S/C10H13N3O2/c1-7-5-12-10-8(6-11-7)3-2-4-9(10)13(14)15/h2-4,7,11-12H,5-6H2,1H3/t7-/m1/s1. The Morgan fingerprint density at radius 1 is 1.53 bits per heavy atom. The van der Waals surface area contributed by atoms with Crippen LogP contribution in [-0.4, -0.2) is 17.5 Å². The van der Waals surface area contributed by atoms with E-state index < -0.39 is 0 Å². The molecule has 80 valence electrons. The van der Waals surface area contributed by atoms with Gasteiger partial charge in [-0.05, 0) is 12.5 Å². The molecule has 2 rings (SSSR count). The van der Waals surface area contributed by atoms with Gasteiger partial charge in [0, 0.05) is 25.2 Å². The van der Waals surface area contributed by atoms with Crippen molar-refractivity contribution in [2.75, 3.05) is 11.9 Å². The Labute approximate surface area is 87.6 Å². The molecule has 0 saturated heterocycles. The first-order chi connectivity index (χ1) is 7.18. The lowest BCUT2D eigenvalue weighted by Gasteiger charge is -2.08. The van der Waals surface area contributed by atoms with Gasteiger partial charge in [-0.1, -0.05) is 12.1 Å². The highest BCUT2D eigenvalue weighted by atomic mass is 16.6. The molecule has 0 unspecified atom stereocenters. The minimum atomic E-state index is -0.345. The number of hydrogen-bond acceptors (Lipinski definition) is 4. The van der Waals surface area contributed by atoms with Crippen LogP contribution >= 0.6 is 0 Å². The highest BCUT2D eigenvalue weighted by Gasteiger charge is 2.20. The van der Waals surface area contributed by atoms with Crippen molar-refractivity contribution in [3.8, 4) is 0 Å². The molecule has 0 spiro atoms. The van der Waals surface area contributed by atoms with Crippen LogP contribution in [-0.2, 0) is 6.54 Å². The molecule has 0 fully saturated rings. The maximum atomic E-state index is 10.8. The first-order valence-corrected chi connectivity index (χ1v) is 4.92. The molecule has 0 radical (unpaired) electrons. The Morgan fingerprint density at radius 3 is 3.07 bits per heavy atom. The van der Waals surface area contributed by atoms with Gasteiger partial charge in [-0.25, -0.2) is 0 Å². The lowest BCUT2D eigenvalue weighted by molar-refractivity contribution is -0.384. The zero-order valence-corrected chi connectivity index (χ0v) is 8.49. The fourth-order valence-corrected chi connectivity index (χ4v) is 1.70. The predicted molar refractivity (Wildman–Crippen MR) is 57.9 cm³/mol. The van der Waals surface area contributed by atoms with E-state index in [9.17, 15) is 10.1 Å². The largest absolute Gasteiger partial charge is 0.378 e. The Bertz CT molecular complexity index is 392. The van der Waals surface area contributed by atoms with Crippen molar-refractivity contribution in [3.05, 3.63) is 33.9 Å². The second kappa shape index (κ2) is 3.86. The zero-order chi connectivity index (χ0) is 10.8. The Balaban J connectivity index is 2.42. The SMILES string of the molecule is C[C@@H]1CNc2c(cccc2[N+](=O)[O-])CN1. The molecule has 5 heteroatoms. The van der Waals surface area contributed by atoms with Crippen LogP contribution in [0, 0.1) is 10.1 Å². The second-order valence-electron chi connectivity index (χ2n) is 3.73. The van der Waals surface area contributed by atoms with Crippen LogP contribution in [0.2, 0.25) is 0 Å². The maximum Gasteiger partial charge on any atom is 0.292 e. The van der Waals surface area contributed by atoms with Crippen LogP contribution in [0.3, 0.4) is 0 Å². The Hall–Kier alpha value is -1.62. The van der Waals surface area contributed by atoms with Crippen molar-refractivity contribution in [2.45, 2.75) is 19.5 Å². The highest BCUT2D eigenvalue weighted by molar-refractivity contribution is 5.66. The fraction of sp³-hybridized carbons (Fsp3) is 0.400. The van der Waals surface area contributed by atoms with E-state index >= 15 is 0 Å². The molecule has 0 aromatic heterocycles. The minimum Gasteiger partial charge on any atom is -0.378 e. The number of benzene rings is 1. The molecule has 0 amide bonds. The Morgan fingerprint density at radius 2 is 2.33 bits per heavy atom. The first kappa shape index (κ1) is 9.92. The maximum absolute atomic E-state index is 10.8. The smallest absolute Gasteiger partial charge is 0.292 e. The van der Waals surface area contributed by atoms with E-state index in [2.05, 4.69) is 10.6 Å². The average Bonchev–Trinajstić information content (AvgIpc) is 2.40. The third-order valence-electron chi connectivity index (χ3n) is 2.55. The number of nitro groups is 1. The van der Waals surface area contributed by atoms with E-state index in [1.807, 2.05) is 13.0 Å². The van der Waals surface area contributed by atoms with Crippen LogP contribution in [0.4, 0.5) is 11.4 Å². The number of anilines is 1. The lowest BCUT2D eigenvalue weighted by atomic mass is 10.1. The van der Waals surface area contributed by atoms with Gasteiger partial charge in [0.2, 0.25) is 0 Å². The fourth-order valence-electron chi connectivity index (χ4n) is 1.70. The Kier molecular flexibility index (Phi) is 2.55. The van der Waals surface area contributed by atoms with Crippen LogP contribution in [0.25, 0.3) is 0 Å². The lowest BCUT2D eigenvalue weighted by Crippen LogP contribution is -2.29.